The molecule has 0 saturated heterocycles. The summed E-state index contributed by atoms with van der Waals surface area (Å²) in [6, 6.07) is 10.6. The van der Waals surface area contributed by atoms with Gasteiger partial charge in [0.25, 0.3) is 0 Å². The first-order valence-corrected chi connectivity index (χ1v) is 12.0. The molecule has 1 N–H and O–H groups in total. The zero-order valence-corrected chi connectivity index (χ0v) is 18.9. The second kappa shape index (κ2) is 8.63. The highest BCUT2D eigenvalue weighted by Crippen LogP contribution is 2.55. The highest BCUT2D eigenvalue weighted by molar-refractivity contribution is 6.32. The van der Waals surface area contributed by atoms with Gasteiger partial charge in [-0.15, -0.1) is 0 Å². The van der Waals surface area contributed by atoms with Crippen LogP contribution in [0.5, 0.6) is 11.5 Å². The third kappa shape index (κ3) is 4.42. The first kappa shape index (κ1) is 21.1. The first-order valence-electron chi connectivity index (χ1n) is 11.6. The van der Waals surface area contributed by atoms with Crippen LogP contribution in [0.3, 0.4) is 0 Å². The third-order valence-electron chi connectivity index (χ3n) is 7.40. The van der Waals surface area contributed by atoms with E-state index in [-0.39, 0.29) is 12.4 Å². The van der Waals surface area contributed by atoms with Crippen LogP contribution in [0.25, 0.3) is 0 Å². The van der Waals surface area contributed by atoms with E-state index in [9.17, 15) is 4.39 Å². The normalized spacial score (nSPS) is 28.7. The summed E-state index contributed by atoms with van der Waals surface area (Å²) in [5.74, 6) is 3.55. The second-order valence-corrected chi connectivity index (χ2v) is 10.2. The molecule has 5 heteroatoms. The van der Waals surface area contributed by atoms with Gasteiger partial charge in [-0.25, -0.2) is 4.39 Å². The summed E-state index contributed by atoms with van der Waals surface area (Å²) in [5, 5.41) is 4.42. The summed E-state index contributed by atoms with van der Waals surface area (Å²) in [6.45, 7) is 3.34. The van der Waals surface area contributed by atoms with E-state index in [4.69, 9.17) is 21.1 Å². The minimum atomic E-state index is -0.284. The Balaban J connectivity index is 1.30. The van der Waals surface area contributed by atoms with Gasteiger partial charge in [0.15, 0.2) is 11.5 Å². The van der Waals surface area contributed by atoms with Crippen molar-refractivity contribution in [2.75, 3.05) is 6.61 Å². The van der Waals surface area contributed by atoms with Crippen LogP contribution < -0.4 is 14.8 Å². The van der Waals surface area contributed by atoms with E-state index in [2.05, 4.69) is 5.32 Å². The van der Waals surface area contributed by atoms with Crippen molar-refractivity contribution >= 4 is 11.6 Å². The Bertz CT molecular complexity index is 912. The average Bonchev–Trinajstić information content (AvgIpc) is 2.72. The molecule has 4 saturated carbocycles. The molecule has 0 unspecified atom stereocenters. The molecule has 4 bridgehead atoms. The average molecular weight is 444 g/mol. The number of hydrogen-bond donors (Lipinski definition) is 1. The zero-order valence-electron chi connectivity index (χ0n) is 18.1. The summed E-state index contributed by atoms with van der Waals surface area (Å²) in [4.78, 5) is 0. The smallest absolute Gasteiger partial charge is 0.180 e. The third-order valence-corrected chi connectivity index (χ3v) is 7.69. The number of rotatable bonds is 8. The molecule has 4 fully saturated rings. The Morgan fingerprint density at radius 1 is 1.03 bits per heavy atom. The lowest BCUT2D eigenvalue weighted by molar-refractivity contribution is -0.0206. The molecule has 0 atom stereocenters. The Hall–Kier alpha value is -1.78. The van der Waals surface area contributed by atoms with E-state index in [0.717, 1.165) is 29.9 Å². The molecule has 4 aliphatic carbocycles. The lowest BCUT2D eigenvalue weighted by Crippen LogP contribution is -2.58. The Kier molecular flexibility index (Phi) is 5.87. The second-order valence-electron chi connectivity index (χ2n) is 9.77. The number of nitrogens with one attached hydrogen (secondary N) is 1. The molecule has 0 radical (unpaired) electrons. The van der Waals surface area contributed by atoms with Crippen molar-refractivity contribution in [3.63, 3.8) is 0 Å². The summed E-state index contributed by atoms with van der Waals surface area (Å²) < 4.78 is 25.7. The molecule has 4 aliphatic rings. The van der Waals surface area contributed by atoms with E-state index in [1.807, 2.05) is 19.1 Å². The highest BCUT2D eigenvalue weighted by Gasteiger charge is 2.50. The predicted molar refractivity (Wildman–Crippen MR) is 121 cm³/mol. The standard InChI is InChI=1S/C26H31ClFNO2/c1-2-30-24-11-20(10-22(27)25(24)31-16-21-5-3-4-6-23(21)28)15-29-26-12-17-7-18(13-26)9-19(8-17)14-26/h3-6,10-11,17-19,29H,2,7-9,12-16H2,1H3. The maximum absolute atomic E-state index is 14.0. The SMILES string of the molecule is CCOc1cc(CNC23CC4CC(CC(C4)C2)C3)cc(Cl)c1OCc1ccccc1F. The molecule has 3 nitrogen and oxygen atoms in total. The van der Waals surface area contributed by atoms with Gasteiger partial charge in [-0.1, -0.05) is 29.8 Å². The van der Waals surface area contributed by atoms with Gasteiger partial charge in [0, 0.05) is 17.6 Å². The topological polar surface area (TPSA) is 30.5 Å². The molecule has 2 aromatic rings. The van der Waals surface area contributed by atoms with Crippen molar-refractivity contribution in [2.24, 2.45) is 17.8 Å². The lowest BCUT2D eigenvalue weighted by Gasteiger charge is -2.57. The van der Waals surface area contributed by atoms with E-state index < -0.39 is 0 Å². The molecule has 166 valence electrons. The van der Waals surface area contributed by atoms with Gasteiger partial charge in [-0.3, -0.25) is 0 Å². The molecular weight excluding hydrogens is 413 g/mol. The van der Waals surface area contributed by atoms with E-state index >= 15 is 0 Å². The zero-order chi connectivity index (χ0) is 21.4. The van der Waals surface area contributed by atoms with Crippen molar-refractivity contribution in [3.8, 4) is 11.5 Å². The number of hydrogen-bond acceptors (Lipinski definition) is 3. The van der Waals surface area contributed by atoms with Crippen LogP contribution in [0, 0.1) is 23.6 Å². The Labute approximate surface area is 189 Å². The fourth-order valence-corrected chi connectivity index (χ4v) is 6.80. The maximum atomic E-state index is 14.0. The quantitative estimate of drug-likeness (QED) is 0.504. The minimum absolute atomic E-state index is 0.108. The Morgan fingerprint density at radius 3 is 2.35 bits per heavy atom. The minimum Gasteiger partial charge on any atom is -0.490 e. The first-order chi connectivity index (χ1) is 15.0. The van der Waals surface area contributed by atoms with Crippen LogP contribution in [0.1, 0.15) is 56.6 Å². The molecule has 6 rings (SSSR count). The molecule has 0 spiro atoms. The molecule has 0 aromatic heterocycles. The van der Waals surface area contributed by atoms with E-state index in [0.29, 0.717) is 34.2 Å². The van der Waals surface area contributed by atoms with Crippen molar-refractivity contribution in [1.82, 2.24) is 5.32 Å². The predicted octanol–water partition coefficient (Wildman–Crippen LogP) is 6.52. The number of ether oxygens (including phenoxy) is 2. The largest absolute Gasteiger partial charge is 0.490 e. The van der Waals surface area contributed by atoms with Crippen molar-refractivity contribution in [2.45, 2.75) is 64.1 Å². The van der Waals surface area contributed by atoms with Crippen LogP contribution >= 0.6 is 11.6 Å². The summed E-state index contributed by atoms with van der Waals surface area (Å²) in [6.07, 6.45) is 8.26. The Morgan fingerprint density at radius 2 is 1.71 bits per heavy atom. The van der Waals surface area contributed by atoms with Gasteiger partial charge in [0.2, 0.25) is 0 Å². The van der Waals surface area contributed by atoms with E-state index in [1.54, 1.807) is 18.2 Å². The van der Waals surface area contributed by atoms with Crippen LogP contribution in [0.4, 0.5) is 4.39 Å². The molecule has 31 heavy (non-hydrogen) atoms. The van der Waals surface area contributed by atoms with Crippen LogP contribution in [0.2, 0.25) is 5.02 Å². The number of halogens is 2. The van der Waals surface area contributed by atoms with Gasteiger partial charge in [0.1, 0.15) is 12.4 Å². The van der Waals surface area contributed by atoms with Crippen LogP contribution in [-0.4, -0.2) is 12.1 Å². The van der Waals surface area contributed by atoms with Gasteiger partial charge < -0.3 is 14.8 Å². The van der Waals surface area contributed by atoms with Crippen molar-refractivity contribution in [3.05, 3.63) is 58.4 Å². The molecule has 0 heterocycles. The highest BCUT2D eigenvalue weighted by atomic mass is 35.5. The number of benzene rings is 2. The van der Waals surface area contributed by atoms with Gasteiger partial charge >= 0.3 is 0 Å². The summed E-state index contributed by atoms with van der Waals surface area (Å²) in [5.41, 5.74) is 1.89. The molecular formula is C26H31ClFNO2. The van der Waals surface area contributed by atoms with Gasteiger partial charge in [-0.05, 0) is 87.0 Å². The molecule has 0 amide bonds. The monoisotopic (exact) mass is 443 g/mol. The molecule has 2 aromatic carbocycles. The lowest BCUT2D eigenvalue weighted by atomic mass is 9.53. The fourth-order valence-electron chi connectivity index (χ4n) is 6.51. The molecule has 0 aliphatic heterocycles. The summed E-state index contributed by atoms with van der Waals surface area (Å²) >= 11 is 6.60. The fraction of sp³-hybridized carbons (Fsp3) is 0.538. The van der Waals surface area contributed by atoms with Crippen molar-refractivity contribution < 1.29 is 13.9 Å². The van der Waals surface area contributed by atoms with Crippen molar-refractivity contribution in [1.29, 1.82) is 0 Å². The summed E-state index contributed by atoms with van der Waals surface area (Å²) in [7, 11) is 0. The van der Waals surface area contributed by atoms with E-state index in [1.165, 1.54) is 44.6 Å². The maximum Gasteiger partial charge on any atom is 0.180 e. The van der Waals surface area contributed by atoms with Crippen LogP contribution in [0.15, 0.2) is 36.4 Å². The van der Waals surface area contributed by atoms with Gasteiger partial charge in [0.05, 0.1) is 11.6 Å². The van der Waals surface area contributed by atoms with Crippen LogP contribution in [-0.2, 0) is 13.2 Å². The van der Waals surface area contributed by atoms with Gasteiger partial charge in [-0.2, -0.15) is 0 Å².